The van der Waals surface area contributed by atoms with Gasteiger partial charge in [-0.15, -0.1) is 11.3 Å². The zero-order chi connectivity index (χ0) is 27.1. The Kier molecular flexibility index (Phi) is 9.34. The monoisotopic (exact) mass is 559 g/mol. The highest BCUT2D eigenvalue weighted by molar-refractivity contribution is 7.18. The minimum atomic E-state index is -0.887. The summed E-state index contributed by atoms with van der Waals surface area (Å²) in [5, 5.41) is 14.0. The van der Waals surface area contributed by atoms with Crippen molar-refractivity contribution in [3.63, 3.8) is 0 Å². The van der Waals surface area contributed by atoms with E-state index >= 15 is 0 Å². The smallest absolute Gasteiger partial charge is 0.257 e. The second-order valence-electron chi connectivity index (χ2n) is 8.36. The van der Waals surface area contributed by atoms with Gasteiger partial charge in [0.15, 0.2) is 5.75 Å². The van der Waals surface area contributed by atoms with Crippen LogP contribution in [0.5, 0.6) is 11.5 Å². The van der Waals surface area contributed by atoms with Crippen molar-refractivity contribution >= 4 is 39.1 Å². The van der Waals surface area contributed by atoms with Gasteiger partial charge in [0.2, 0.25) is 5.43 Å². The molecule has 1 amide bonds. The van der Waals surface area contributed by atoms with Gasteiger partial charge >= 0.3 is 0 Å². The molecule has 0 bridgehead atoms. The van der Waals surface area contributed by atoms with Gasteiger partial charge in [-0.3, -0.25) is 9.59 Å². The molecule has 4 aromatic rings. The summed E-state index contributed by atoms with van der Waals surface area (Å²) in [7, 11) is 1.78. The summed E-state index contributed by atoms with van der Waals surface area (Å²) in [6.45, 7) is 0.469. The molecule has 0 aliphatic carbocycles. The van der Waals surface area contributed by atoms with Crippen LogP contribution in [0.2, 0.25) is 5.02 Å². The van der Waals surface area contributed by atoms with Gasteiger partial charge in [-0.05, 0) is 35.9 Å². The Hall–Kier alpha value is -3.45. The quantitative estimate of drug-likeness (QED) is 0.178. The number of carbonyl (C=O) groups excluding carboxylic acids is 1. The largest absolute Gasteiger partial charge is 0.491 e. The van der Waals surface area contributed by atoms with Crippen molar-refractivity contribution in [2.24, 2.45) is 12.9 Å². The van der Waals surface area contributed by atoms with E-state index in [-0.39, 0.29) is 37.4 Å². The Balaban J connectivity index is 1.33. The molecule has 1 atom stereocenters. The van der Waals surface area contributed by atoms with Gasteiger partial charge in [-0.2, -0.15) is 5.90 Å². The molecule has 0 unspecified atom stereocenters. The number of rotatable bonds is 12. The Morgan fingerprint density at radius 3 is 2.68 bits per heavy atom. The summed E-state index contributed by atoms with van der Waals surface area (Å²) in [6.07, 6.45) is 0.644. The second-order valence-corrected chi connectivity index (χ2v) is 9.91. The standard InChI is InChI=1S/C26H26ClN3O7S/c1-30-12-23(25(33)29-11-16-5-7-17(27)8-6-16)24(32)22-10-21(38-26(22)30)15-34-13-18(31)14-35-19-3-2-4-20(9-19)36-37-28/h2-10,12,18,31H,11,13-15,28H2,1H3,(H,29,33)/t18-/m1/s1. The van der Waals surface area contributed by atoms with Crippen LogP contribution < -0.4 is 26.3 Å². The van der Waals surface area contributed by atoms with E-state index in [2.05, 4.69) is 10.3 Å². The topological polar surface area (TPSA) is 134 Å². The number of fused-ring (bicyclic) bond motifs is 1. The van der Waals surface area contributed by atoms with E-state index < -0.39 is 12.0 Å². The molecule has 0 fully saturated rings. The van der Waals surface area contributed by atoms with Crippen LogP contribution in [0.4, 0.5) is 0 Å². The molecule has 2 aromatic heterocycles. The minimum Gasteiger partial charge on any atom is -0.491 e. The molecule has 0 saturated carbocycles. The zero-order valence-electron chi connectivity index (χ0n) is 20.4. The van der Waals surface area contributed by atoms with Gasteiger partial charge in [0.25, 0.3) is 5.91 Å². The number of benzene rings is 2. The molecule has 4 rings (SSSR count). The summed E-state index contributed by atoms with van der Waals surface area (Å²) < 4.78 is 12.9. The Labute approximate surface area is 226 Å². The summed E-state index contributed by atoms with van der Waals surface area (Å²) in [5.41, 5.74) is 0.570. The molecule has 2 aromatic carbocycles. The third-order valence-corrected chi connectivity index (χ3v) is 6.90. The van der Waals surface area contributed by atoms with Crippen LogP contribution in [-0.4, -0.2) is 34.9 Å². The highest BCUT2D eigenvalue weighted by Crippen LogP contribution is 2.24. The summed E-state index contributed by atoms with van der Waals surface area (Å²) in [6, 6.07) is 15.4. The van der Waals surface area contributed by atoms with Gasteiger partial charge in [0.05, 0.1) is 18.6 Å². The van der Waals surface area contributed by atoms with Gasteiger partial charge in [0, 0.05) is 35.8 Å². The first-order chi connectivity index (χ1) is 18.3. The molecule has 200 valence electrons. The van der Waals surface area contributed by atoms with Crippen LogP contribution in [-0.2, 0) is 29.9 Å². The number of thiophene rings is 1. The maximum atomic E-state index is 13.1. The second kappa shape index (κ2) is 12.9. The Morgan fingerprint density at radius 1 is 1.16 bits per heavy atom. The number of hydrogen-bond donors (Lipinski definition) is 3. The van der Waals surface area contributed by atoms with E-state index in [0.717, 1.165) is 15.3 Å². The average Bonchev–Trinajstić information content (AvgIpc) is 3.35. The van der Waals surface area contributed by atoms with Crippen molar-refractivity contribution in [2.45, 2.75) is 19.3 Å². The number of nitrogens with two attached hydrogens (primary N) is 1. The predicted molar refractivity (Wildman–Crippen MR) is 143 cm³/mol. The molecule has 0 aliphatic rings. The number of nitrogens with one attached hydrogen (secondary N) is 1. The lowest BCUT2D eigenvalue weighted by Gasteiger charge is -2.13. The molecule has 4 N–H and O–H groups in total. The van der Waals surface area contributed by atoms with E-state index in [1.165, 1.54) is 17.5 Å². The molecule has 0 spiro atoms. The number of aryl methyl sites for hydroxylation is 1. The molecule has 12 heteroatoms. The Morgan fingerprint density at radius 2 is 1.92 bits per heavy atom. The number of ether oxygens (including phenoxy) is 2. The van der Waals surface area contributed by atoms with Crippen LogP contribution in [0.15, 0.2) is 65.6 Å². The average molecular weight is 560 g/mol. The molecule has 2 heterocycles. The Bertz CT molecular complexity index is 1460. The predicted octanol–water partition coefficient (Wildman–Crippen LogP) is 3.32. The number of halogens is 1. The fourth-order valence-electron chi connectivity index (χ4n) is 3.63. The fourth-order valence-corrected chi connectivity index (χ4v) is 4.78. The molecule has 0 aliphatic heterocycles. The van der Waals surface area contributed by atoms with Crippen LogP contribution in [0.3, 0.4) is 0 Å². The maximum Gasteiger partial charge on any atom is 0.257 e. The zero-order valence-corrected chi connectivity index (χ0v) is 22.0. The van der Waals surface area contributed by atoms with E-state index in [9.17, 15) is 14.7 Å². The first-order valence-corrected chi connectivity index (χ1v) is 12.7. The SMILES string of the molecule is Cn1cc(C(=O)NCc2ccc(Cl)cc2)c(=O)c2cc(COC[C@@H](O)COc3cccc(OON)c3)sc21. The van der Waals surface area contributed by atoms with Gasteiger partial charge in [0.1, 0.15) is 28.9 Å². The number of aromatic nitrogens is 1. The fraction of sp³-hybridized carbons (Fsp3) is 0.231. The lowest BCUT2D eigenvalue weighted by Crippen LogP contribution is -2.29. The third-order valence-electron chi connectivity index (χ3n) is 5.45. The summed E-state index contributed by atoms with van der Waals surface area (Å²) >= 11 is 7.28. The first-order valence-electron chi connectivity index (χ1n) is 11.5. The lowest BCUT2D eigenvalue weighted by atomic mass is 10.2. The van der Waals surface area contributed by atoms with Crippen molar-refractivity contribution in [3.8, 4) is 11.5 Å². The number of hydrogen-bond acceptors (Lipinski definition) is 9. The minimum absolute atomic E-state index is 0.00644. The van der Waals surface area contributed by atoms with E-state index in [1.54, 1.807) is 54.1 Å². The lowest BCUT2D eigenvalue weighted by molar-refractivity contribution is -0.211. The number of aliphatic hydroxyl groups excluding tert-OH is 1. The van der Waals surface area contributed by atoms with Crippen molar-refractivity contribution in [2.75, 3.05) is 13.2 Å². The van der Waals surface area contributed by atoms with Gasteiger partial charge in [-0.25, -0.2) is 0 Å². The summed E-state index contributed by atoms with van der Waals surface area (Å²) in [5.74, 6) is 5.24. The van der Waals surface area contributed by atoms with E-state index in [4.69, 9.17) is 31.9 Å². The van der Waals surface area contributed by atoms with Gasteiger partial charge < -0.3 is 29.4 Å². The highest BCUT2D eigenvalue weighted by Gasteiger charge is 2.17. The van der Waals surface area contributed by atoms with E-state index in [1.807, 2.05) is 12.1 Å². The molecule has 0 saturated heterocycles. The number of nitrogens with zero attached hydrogens (tertiary/aromatic N) is 1. The molecule has 10 nitrogen and oxygen atoms in total. The molecular weight excluding hydrogens is 534 g/mol. The molecule has 0 radical (unpaired) electrons. The number of aliphatic hydroxyl groups is 1. The normalized spacial score (nSPS) is 11.9. The molecular formula is C26H26ClN3O7S. The van der Waals surface area contributed by atoms with Gasteiger partial charge in [-0.1, -0.05) is 34.8 Å². The first kappa shape index (κ1) is 27.6. The van der Waals surface area contributed by atoms with Crippen LogP contribution in [0.25, 0.3) is 10.2 Å². The van der Waals surface area contributed by atoms with Crippen molar-refractivity contribution in [1.29, 1.82) is 0 Å². The number of amides is 1. The van der Waals surface area contributed by atoms with Crippen LogP contribution in [0.1, 0.15) is 20.8 Å². The number of pyridine rings is 1. The maximum absolute atomic E-state index is 13.1. The third kappa shape index (κ3) is 7.10. The van der Waals surface area contributed by atoms with Crippen molar-refractivity contribution in [3.05, 3.63) is 92.0 Å². The van der Waals surface area contributed by atoms with Crippen molar-refractivity contribution in [1.82, 2.24) is 9.88 Å². The summed E-state index contributed by atoms with van der Waals surface area (Å²) in [4.78, 5) is 36.1. The van der Waals surface area contributed by atoms with E-state index in [0.29, 0.717) is 21.9 Å². The number of carbonyl (C=O) groups is 1. The van der Waals surface area contributed by atoms with Crippen LogP contribution in [0, 0.1) is 0 Å². The molecule has 38 heavy (non-hydrogen) atoms. The highest BCUT2D eigenvalue weighted by atomic mass is 35.5. The van der Waals surface area contributed by atoms with Crippen molar-refractivity contribution < 1.29 is 29.3 Å². The van der Waals surface area contributed by atoms with Crippen LogP contribution >= 0.6 is 22.9 Å².